The number of hydrogen-bond donors (Lipinski definition) is 1. The minimum absolute atomic E-state index is 0.00778. The lowest BCUT2D eigenvalue weighted by Crippen LogP contribution is -2.40. The molecule has 0 spiro atoms. The Labute approximate surface area is 168 Å². The Balaban J connectivity index is 1.51. The quantitative estimate of drug-likeness (QED) is 0.599. The number of nitro groups is 1. The Bertz CT molecular complexity index is 921. The van der Waals surface area contributed by atoms with Crippen molar-refractivity contribution in [3.63, 3.8) is 0 Å². The van der Waals surface area contributed by atoms with Gasteiger partial charge in [-0.05, 0) is 18.6 Å². The van der Waals surface area contributed by atoms with E-state index in [9.17, 15) is 14.9 Å². The van der Waals surface area contributed by atoms with E-state index in [0.717, 1.165) is 30.9 Å². The highest BCUT2D eigenvalue weighted by molar-refractivity contribution is 5.95. The van der Waals surface area contributed by atoms with Gasteiger partial charge in [-0.1, -0.05) is 6.92 Å². The smallest absolute Gasteiger partial charge is 0.293 e. The second kappa shape index (κ2) is 8.16. The van der Waals surface area contributed by atoms with Crippen LogP contribution in [0.1, 0.15) is 35.4 Å². The maximum Gasteiger partial charge on any atom is 0.293 e. The third-order valence-electron chi connectivity index (χ3n) is 5.32. The second-order valence-electron chi connectivity index (χ2n) is 7.25. The Kier molecular flexibility index (Phi) is 5.43. The number of hydrogen-bond acceptors (Lipinski definition) is 7. The molecule has 2 aromatic rings. The topological polar surface area (TPSA) is 115 Å². The first-order valence-corrected chi connectivity index (χ1v) is 9.89. The Morgan fingerprint density at radius 2 is 2.17 bits per heavy atom. The van der Waals surface area contributed by atoms with Gasteiger partial charge in [-0.2, -0.15) is 5.10 Å². The molecule has 1 N–H and O–H groups in total. The van der Waals surface area contributed by atoms with Gasteiger partial charge in [0.05, 0.1) is 24.7 Å². The van der Waals surface area contributed by atoms with E-state index in [1.807, 2.05) is 11.6 Å². The maximum absolute atomic E-state index is 12.7. The monoisotopic (exact) mass is 400 g/mol. The molecular formula is C19H24N6O4. The number of nitrogens with one attached hydrogen (secondary N) is 1. The molecule has 1 fully saturated rings. The van der Waals surface area contributed by atoms with Crippen molar-refractivity contribution >= 4 is 17.3 Å². The Morgan fingerprint density at radius 3 is 2.90 bits per heavy atom. The summed E-state index contributed by atoms with van der Waals surface area (Å²) >= 11 is 0. The lowest BCUT2D eigenvalue weighted by molar-refractivity contribution is -0.384. The molecule has 1 amide bonds. The van der Waals surface area contributed by atoms with Crippen LogP contribution in [-0.2, 0) is 24.1 Å². The summed E-state index contributed by atoms with van der Waals surface area (Å²) in [4.78, 5) is 30.0. The molecule has 2 aliphatic heterocycles. The van der Waals surface area contributed by atoms with E-state index in [0.29, 0.717) is 44.1 Å². The van der Waals surface area contributed by atoms with Gasteiger partial charge < -0.3 is 15.0 Å². The van der Waals surface area contributed by atoms with Gasteiger partial charge in [-0.3, -0.25) is 14.9 Å². The van der Waals surface area contributed by atoms with E-state index in [-0.39, 0.29) is 17.6 Å². The third kappa shape index (κ3) is 4.07. The van der Waals surface area contributed by atoms with Crippen LogP contribution in [0.4, 0.5) is 11.4 Å². The summed E-state index contributed by atoms with van der Waals surface area (Å²) in [6, 6.07) is 4.64. The van der Waals surface area contributed by atoms with E-state index >= 15 is 0 Å². The van der Waals surface area contributed by atoms with Crippen LogP contribution in [-0.4, -0.2) is 62.8 Å². The minimum Gasteiger partial charge on any atom is -0.378 e. The van der Waals surface area contributed by atoms with Crippen LogP contribution in [0, 0.1) is 10.1 Å². The summed E-state index contributed by atoms with van der Waals surface area (Å²) < 4.78 is 7.14. The number of fused-ring (bicyclic) bond motifs is 1. The molecule has 1 aromatic carbocycles. The van der Waals surface area contributed by atoms with Crippen LogP contribution in [0.25, 0.3) is 0 Å². The number of carbonyl (C=O) groups excluding carboxylic acids is 1. The SMILES string of the molecule is CCc1nc2n(n1)CC(Nc1ccc(C(=O)N3CCOCC3)cc1[N+](=O)[O-])CC2. The number of carbonyl (C=O) groups is 1. The predicted octanol–water partition coefficient (Wildman–Crippen LogP) is 1.65. The lowest BCUT2D eigenvalue weighted by Gasteiger charge is -2.27. The predicted molar refractivity (Wildman–Crippen MR) is 105 cm³/mol. The number of aryl methyl sites for hydroxylation is 2. The van der Waals surface area contributed by atoms with Crippen LogP contribution < -0.4 is 5.32 Å². The van der Waals surface area contributed by atoms with Crippen molar-refractivity contribution in [2.75, 3.05) is 31.6 Å². The fraction of sp³-hybridized carbons (Fsp3) is 0.526. The van der Waals surface area contributed by atoms with Crippen LogP contribution in [0.2, 0.25) is 0 Å². The van der Waals surface area contributed by atoms with E-state index in [1.54, 1.807) is 17.0 Å². The Morgan fingerprint density at radius 1 is 1.38 bits per heavy atom. The largest absolute Gasteiger partial charge is 0.378 e. The zero-order valence-electron chi connectivity index (χ0n) is 16.3. The highest BCUT2D eigenvalue weighted by Gasteiger charge is 2.26. The van der Waals surface area contributed by atoms with Gasteiger partial charge in [0.2, 0.25) is 0 Å². The first kappa shape index (κ1) is 19.3. The third-order valence-corrected chi connectivity index (χ3v) is 5.32. The molecule has 10 heteroatoms. The summed E-state index contributed by atoms with van der Waals surface area (Å²) in [7, 11) is 0. The minimum atomic E-state index is -0.447. The number of nitro benzene ring substituents is 1. The second-order valence-corrected chi connectivity index (χ2v) is 7.25. The first-order chi connectivity index (χ1) is 14.0. The number of nitrogens with zero attached hydrogens (tertiary/aromatic N) is 5. The van der Waals surface area contributed by atoms with Gasteiger partial charge in [0, 0.05) is 43.6 Å². The number of rotatable bonds is 5. The number of anilines is 1. The number of benzene rings is 1. The lowest BCUT2D eigenvalue weighted by atomic mass is 10.1. The molecule has 1 atom stereocenters. The highest BCUT2D eigenvalue weighted by atomic mass is 16.6. The summed E-state index contributed by atoms with van der Waals surface area (Å²) in [5, 5.41) is 19.4. The zero-order chi connectivity index (χ0) is 20.4. The van der Waals surface area contributed by atoms with E-state index in [1.165, 1.54) is 6.07 Å². The van der Waals surface area contributed by atoms with Crippen molar-refractivity contribution in [2.24, 2.45) is 0 Å². The fourth-order valence-corrected chi connectivity index (χ4v) is 3.73. The number of morpholine rings is 1. The number of amides is 1. The van der Waals surface area contributed by atoms with Crippen molar-refractivity contribution in [1.29, 1.82) is 0 Å². The van der Waals surface area contributed by atoms with Crippen molar-refractivity contribution in [1.82, 2.24) is 19.7 Å². The maximum atomic E-state index is 12.7. The molecule has 10 nitrogen and oxygen atoms in total. The number of aromatic nitrogens is 3. The van der Waals surface area contributed by atoms with Crippen LogP contribution in [0.15, 0.2) is 18.2 Å². The summed E-state index contributed by atoms with van der Waals surface area (Å²) in [6.45, 7) is 4.58. The summed E-state index contributed by atoms with van der Waals surface area (Å²) in [5.41, 5.74) is 0.638. The molecule has 1 saturated heterocycles. The fourth-order valence-electron chi connectivity index (χ4n) is 3.73. The molecule has 29 heavy (non-hydrogen) atoms. The Hall–Kier alpha value is -3.01. The molecule has 0 aliphatic carbocycles. The molecular weight excluding hydrogens is 376 g/mol. The van der Waals surface area contributed by atoms with E-state index in [2.05, 4.69) is 15.4 Å². The molecule has 4 rings (SSSR count). The van der Waals surface area contributed by atoms with Crippen LogP contribution in [0.5, 0.6) is 0 Å². The summed E-state index contributed by atoms with van der Waals surface area (Å²) in [5.74, 6) is 1.57. The molecule has 1 unspecified atom stereocenters. The van der Waals surface area contributed by atoms with Gasteiger partial charge in [-0.15, -0.1) is 0 Å². The van der Waals surface area contributed by atoms with Crippen LogP contribution >= 0.6 is 0 Å². The molecule has 2 aliphatic rings. The van der Waals surface area contributed by atoms with Gasteiger partial charge in [0.25, 0.3) is 11.6 Å². The highest BCUT2D eigenvalue weighted by Crippen LogP contribution is 2.28. The molecule has 0 bridgehead atoms. The first-order valence-electron chi connectivity index (χ1n) is 9.89. The number of ether oxygens (including phenoxy) is 1. The molecule has 3 heterocycles. The molecule has 154 valence electrons. The van der Waals surface area contributed by atoms with Crippen molar-refractivity contribution in [3.05, 3.63) is 45.5 Å². The van der Waals surface area contributed by atoms with Gasteiger partial charge in [0.1, 0.15) is 11.5 Å². The average molecular weight is 400 g/mol. The van der Waals surface area contributed by atoms with Crippen LogP contribution in [0.3, 0.4) is 0 Å². The van der Waals surface area contributed by atoms with Crippen molar-refractivity contribution in [3.8, 4) is 0 Å². The average Bonchev–Trinajstić information content (AvgIpc) is 3.16. The molecule has 1 aromatic heterocycles. The standard InChI is InChI=1S/C19H24N6O4/c1-2-17-21-18-6-4-14(12-24(18)22-17)20-15-5-3-13(11-16(15)25(27)28)19(26)23-7-9-29-10-8-23/h3,5,11,14,20H,2,4,6-10,12H2,1H3. The van der Waals surface area contributed by atoms with E-state index in [4.69, 9.17) is 4.74 Å². The molecule has 0 radical (unpaired) electrons. The summed E-state index contributed by atoms with van der Waals surface area (Å²) in [6.07, 6.45) is 2.36. The van der Waals surface area contributed by atoms with E-state index < -0.39 is 4.92 Å². The van der Waals surface area contributed by atoms with Gasteiger partial charge in [0.15, 0.2) is 5.82 Å². The molecule has 0 saturated carbocycles. The van der Waals surface area contributed by atoms with Crippen molar-refractivity contribution < 1.29 is 14.5 Å². The van der Waals surface area contributed by atoms with Gasteiger partial charge >= 0.3 is 0 Å². The zero-order valence-corrected chi connectivity index (χ0v) is 16.3. The normalized spacial score (nSPS) is 18.9. The van der Waals surface area contributed by atoms with Crippen molar-refractivity contribution in [2.45, 2.75) is 38.8 Å². The van der Waals surface area contributed by atoms with Gasteiger partial charge in [-0.25, -0.2) is 9.67 Å².